The third kappa shape index (κ3) is 8.77. The standard InChI is InChI=1S/C36H34ClF4N3O3/c37-29-20-25(14-15-30(29)38)32-13-6-16-44(32)35(47)27-11-5-10-26(19-27)34(46)43-31(18-23-7-2-1-3-8-23)33(45)22-42-21-24-9-4-12-28(17-24)36(39,40)41/h1-5,7-12,14-15,17,19-20,31-33,42,45H,6,13,16,18,21-22H2,(H,43,46)/t31-,32?,33-/m0/s1. The lowest BCUT2D eigenvalue weighted by molar-refractivity contribution is -0.137. The molecule has 1 unspecified atom stereocenters. The first-order valence-electron chi connectivity index (χ1n) is 15.3. The topological polar surface area (TPSA) is 81.7 Å². The summed E-state index contributed by atoms with van der Waals surface area (Å²) in [7, 11) is 0. The maximum Gasteiger partial charge on any atom is 0.416 e. The second-order valence-corrected chi connectivity index (χ2v) is 12.0. The number of alkyl halides is 3. The average Bonchev–Trinajstić information content (AvgIpc) is 3.56. The number of hydrogen-bond donors (Lipinski definition) is 3. The van der Waals surface area contributed by atoms with Crippen molar-refractivity contribution in [3.05, 3.63) is 141 Å². The predicted octanol–water partition coefficient (Wildman–Crippen LogP) is 6.97. The lowest BCUT2D eigenvalue weighted by Gasteiger charge is -2.26. The first-order chi connectivity index (χ1) is 22.5. The van der Waals surface area contributed by atoms with E-state index in [4.69, 9.17) is 11.6 Å². The van der Waals surface area contributed by atoms with Crippen LogP contribution in [0.3, 0.4) is 0 Å². The molecule has 0 spiro atoms. The van der Waals surface area contributed by atoms with Crippen molar-refractivity contribution in [1.29, 1.82) is 0 Å². The molecule has 0 radical (unpaired) electrons. The third-order valence-corrected chi connectivity index (χ3v) is 8.52. The van der Waals surface area contributed by atoms with Crippen molar-refractivity contribution in [2.24, 2.45) is 0 Å². The van der Waals surface area contributed by atoms with Crippen LogP contribution in [0.1, 0.15) is 61.9 Å². The quantitative estimate of drug-likeness (QED) is 0.151. The molecular weight excluding hydrogens is 634 g/mol. The van der Waals surface area contributed by atoms with E-state index in [1.807, 2.05) is 30.3 Å². The molecule has 11 heteroatoms. The van der Waals surface area contributed by atoms with Gasteiger partial charge in [-0.05, 0) is 72.4 Å². The Labute approximate surface area is 275 Å². The monoisotopic (exact) mass is 667 g/mol. The number of carbonyl (C=O) groups is 2. The summed E-state index contributed by atoms with van der Waals surface area (Å²) in [6.45, 7) is 0.572. The average molecular weight is 668 g/mol. The van der Waals surface area contributed by atoms with Crippen LogP contribution in [0.25, 0.3) is 0 Å². The minimum Gasteiger partial charge on any atom is -0.390 e. The van der Waals surface area contributed by atoms with Crippen LogP contribution in [0.5, 0.6) is 0 Å². The summed E-state index contributed by atoms with van der Waals surface area (Å²) in [6.07, 6.45) is -3.83. The van der Waals surface area contributed by atoms with E-state index < -0.39 is 35.6 Å². The largest absolute Gasteiger partial charge is 0.416 e. The van der Waals surface area contributed by atoms with Gasteiger partial charge in [0.1, 0.15) is 5.82 Å². The Hall–Kier alpha value is -4.25. The van der Waals surface area contributed by atoms with E-state index in [1.54, 1.807) is 35.2 Å². The van der Waals surface area contributed by atoms with Crippen LogP contribution in [-0.2, 0) is 19.1 Å². The number of likely N-dealkylation sites (tertiary alicyclic amines) is 1. The fourth-order valence-corrected chi connectivity index (χ4v) is 5.99. The summed E-state index contributed by atoms with van der Waals surface area (Å²) in [4.78, 5) is 28.8. The number of nitrogens with zero attached hydrogens (tertiary/aromatic N) is 1. The number of carbonyl (C=O) groups excluding carboxylic acids is 2. The highest BCUT2D eigenvalue weighted by Crippen LogP contribution is 2.35. The van der Waals surface area contributed by atoms with Crippen molar-refractivity contribution in [2.45, 2.75) is 50.2 Å². The molecule has 0 bridgehead atoms. The van der Waals surface area contributed by atoms with Gasteiger partial charge in [-0.25, -0.2) is 4.39 Å². The summed E-state index contributed by atoms with van der Waals surface area (Å²) in [6, 6.07) is 23.9. The lowest BCUT2D eigenvalue weighted by Crippen LogP contribution is -2.48. The first kappa shape index (κ1) is 34.1. The molecule has 1 fully saturated rings. The Morgan fingerprint density at radius 1 is 0.915 bits per heavy atom. The van der Waals surface area contributed by atoms with Gasteiger partial charge in [0.05, 0.1) is 28.8 Å². The number of aliphatic hydroxyl groups excluding tert-OH is 1. The number of hydrogen-bond acceptors (Lipinski definition) is 4. The molecule has 3 N–H and O–H groups in total. The van der Waals surface area contributed by atoms with Gasteiger partial charge in [0, 0.05) is 30.8 Å². The highest BCUT2D eigenvalue weighted by molar-refractivity contribution is 6.30. The van der Waals surface area contributed by atoms with Crippen molar-refractivity contribution < 1.29 is 32.3 Å². The highest BCUT2D eigenvalue weighted by atomic mass is 35.5. The first-order valence-corrected chi connectivity index (χ1v) is 15.6. The fourth-order valence-electron chi connectivity index (χ4n) is 5.80. The number of aliphatic hydroxyl groups is 1. The highest BCUT2D eigenvalue weighted by Gasteiger charge is 2.32. The Morgan fingerprint density at radius 2 is 1.64 bits per heavy atom. The van der Waals surface area contributed by atoms with E-state index >= 15 is 0 Å². The van der Waals surface area contributed by atoms with Gasteiger partial charge in [-0.15, -0.1) is 0 Å². The molecule has 5 rings (SSSR count). The molecule has 1 aliphatic rings. The molecule has 47 heavy (non-hydrogen) atoms. The Morgan fingerprint density at radius 3 is 2.38 bits per heavy atom. The van der Waals surface area contributed by atoms with Crippen molar-refractivity contribution >= 4 is 23.4 Å². The molecule has 4 aromatic carbocycles. The van der Waals surface area contributed by atoms with E-state index in [1.165, 1.54) is 24.3 Å². The van der Waals surface area contributed by atoms with Crippen LogP contribution >= 0.6 is 11.6 Å². The fraction of sp³-hybridized carbons (Fsp3) is 0.278. The van der Waals surface area contributed by atoms with Gasteiger partial charge in [0.15, 0.2) is 0 Å². The molecule has 0 saturated carbocycles. The number of benzene rings is 4. The van der Waals surface area contributed by atoms with E-state index in [-0.39, 0.29) is 42.0 Å². The number of nitrogens with one attached hydrogen (secondary N) is 2. The second-order valence-electron chi connectivity index (χ2n) is 11.6. The molecule has 3 atom stereocenters. The maximum atomic E-state index is 13.8. The number of rotatable bonds is 11. The molecule has 4 aromatic rings. The van der Waals surface area contributed by atoms with Crippen molar-refractivity contribution in [1.82, 2.24) is 15.5 Å². The summed E-state index contributed by atoms with van der Waals surface area (Å²) in [5.74, 6) is -1.31. The Balaban J connectivity index is 1.27. The molecule has 1 heterocycles. The molecule has 246 valence electrons. The van der Waals surface area contributed by atoms with Crippen LogP contribution in [0, 0.1) is 5.82 Å². The third-order valence-electron chi connectivity index (χ3n) is 8.23. The molecule has 1 aliphatic heterocycles. The van der Waals surface area contributed by atoms with Crippen LogP contribution in [0.15, 0.2) is 97.1 Å². The summed E-state index contributed by atoms with van der Waals surface area (Å²) >= 11 is 6.00. The van der Waals surface area contributed by atoms with Crippen molar-refractivity contribution in [2.75, 3.05) is 13.1 Å². The molecule has 0 aliphatic carbocycles. The van der Waals surface area contributed by atoms with Crippen molar-refractivity contribution in [3.63, 3.8) is 0 Å². The zero-order valence-corrected chi connectivity index (χ0v) is 26.1. The summed E-state index contributed by atoms with van der Waals surface area (Å²) in [5.41, 5.74) is 1.77. The zero-order valence-electron chi connectivity index (χ0n) is 25.3. The zero-order chi connectivity index (χ0) is 33.6. The molecule has 6 nitrogen and oxygen atoms in total. The SMILES string of the molecule is O=C(N[C@@H](Cc1ccccc1)[C@@H](O)CNCc1cccc(C(F)(F)F)c1)c1cccc(C(=O)N2CCCC2c2ccc(F)c(Cl)c2)c1. The predicted molar refractivity (Wildman–Crippen MR) is 171 cm³/mol. The van der Waals surface area contributed by atoms with Gasteiger partial charge >= 0.3 is 6.18 Å². The number of halogens is 5. The summed E-state index contributed by atoms with van der Waals surface area (Å²) < 4.78 is 53.1. The summed E-state index contributed by atoms with van der Waals surface area (Å²) in [5, 5.41) is 17.0. The van der Waals surface area contributed by atoms with Gasteiger partial charge < -0.3 is 20.6 Å². The van der Waals surface area contributed by atoms with Gasteiger partial charge in [-0.1, -0.05) is 72.3 Å². The maximum absolute atomic E-state index is 13.8. The lowest BCUT2D eigenvalue weighted by atomic mass is 10.00. The van der Waals surface area contributed by atoms with Gasteiger partial charge in [-0.2, -0.15) is 13.2 Å². The molecule has 2 amide bonds. The van der Waals surface area contributed by atoms with E-state index in [0.29, 0.717) is 24.1 Å². The van der Waals surface area contributed by atoms with Gasteiger partial charge in [0.2, 0.25) is 0 Å². The van der Waals surface area contributed by atoms with Crippen LogP contribution in [0.4, 0.5) is 17.6 Å². The Kier molecular flexibility index (Phi) is 11.0. The van der Waals surface area contributed by atoms with Gasteiger partial charge in [0.25, 0.3) is 11.8 Å². The number of amides is 2. The van der Waals surface area contributed by atoms with Crippen molar-refractivity contribution in [3.8, 4) is 0 Å². The molecular formula is C36H34ClF4N3O3. The normalized spacial score (nSPS) is 16.1. The van der Waals surface area contributed by atoms with Crippen LogP contribution in [-0.4, -0.2) is 47.1 Å². The van der Waals surface area contributed by atoms with Gasteiger partial charge in [-0.3, -0.25) is 9.59 Å². The minimum atomic E-state index is -4.46. The Bertz CT molecular complexity index is 1700. The van der Waals surface area contributed by atoms with Crippen LogP contribution in [0.2, 0.25) is 5.02 Å². The molecule has 0 aromatic heterocycles. The molecule has 1 saturated heterocycles. The minimum absolute atomic E-state index is 0.00367. The second kappa shape index (κ2) is 15.1. The van der Waals surface area contributed by atoms with E-state index in [9.17, 15) is 32.3 Å². The smallest absolute Gasteiger partial charge is 0.390 e. The van der Waals surface area contributed by atoms with E-state index in [0.717, 1.165) is 29.7 Å². The van der Waals surface area contributed by atoms with E-state index in [2.05, 4.69) is 10.6 Å². The van der Waals surface area contributed by atoms with Crippen LogP contribution < -0.4 is 10.6 Å².